The van der Waals surface area contributed by atoms with Gasteiger partial charge in [0, 0.05) is 25.7 Å². The first-order chi connectivity index (χ1) is 7.09. The van der Waals surface area contributed by atoms with Crippen molar-refractivity contribution in [2.75, 3.05) is 0 Å². The maximum absolute atomic E-state index is 2.43. The SMILES string of the molecule is C/C1=C\[CH+][C@H](C(C)C)CC/C(C)=C/CC1. The maximum atomic E-state index is 2.43. The fourth-order valence-corrected chi connectivity index (χ4v) is 2.07. The summed E-state index contributed by atoms with van der Waals surface area (Å²) in [5.74, 6) is 1.52. The third kappa shape index (κ3) is 4.59. The molecule has 0 saturated carbocycles. The molecule has 1 aliphatic rings. The van der Waals surface area contributed by atoms with E-state index in [1.54, 1.807) is 5.57 Å². The molecule has 0 nitrogen and oxygen atoms in total. The zero-order chi connectivity index (χ0) is 11.3. The monoisotopic (exact) mass is 205 g/mol. The molecule has 0 fully saturated rings. The third-order valence-electron chi connectivity index (χ3n) is 3.39. The summed E-state index contributed by atoms with van der Waals surface area (Å²) in [7, 11) is 0. The molecule has 0 spiro atoms. The van der Waals surface area contributed by atoms with Crippen LogP contribution in [0.15, 0.2) is 23.3 Å². The third-order valence-corrected chi connectivity index (χ3v) is 3.39. The van der Waals surface area contributed by atoms with Crippen molar-refractivity contribution in [2.45, 2.75) is 53.4 Å². The van der Waals surface area contributed by atoms with E-state index >= 15 is 0 Å². The van der Waals surface area contributed by atoms with Crippen molar-refractivity contribution >= 4 is 0 Å². The molecule has 1 rings (SSSR count). The molecule has 1 atom stereocenters. The largest absolute Gasteiger partial charge is 0.0922 e. The predicted molar refractivity (Wildman–Crippen MR) is 68.6 cm³/mol. The number of rotatable bonds is 1. The van der Waals surface area contributed by atoms with Crippen molar-refractivity contribution in [3.05, 3.63) is 29.7 Å². The van der Waals surface area contributed by atoms with Gasteiger partial charge in [0.25, 0.3) is 0 Å². The van der Waals surface area contributed by atoms with Gasteiger partial charge in [-0.1, -0.05) is 25.5 Å². The number of hydrogen-bond acceptors (Lipinski definition) is 0. The highest BCUT2D eigenvalue weighted by Gasteiger charge is 2.17. The van der Waals surface area contributed by atoms with Crippen molar-refractivity contribution in [3.63, 3.8) is 0 Å². The lowest BCUT2D eigenvalue weighted by molar-refractivity contribution is 0.416. The van der Waals surface area contributed by atoms with Crippen LogP contribution in [0.5, 0.6) is 0 Å². The summed E-state index contributed by atoms with van der Waals surface area (Å²) in [5.41, 5.74) is 3.09. The van der Waals surface area contributed by atoms with Gasteiger partial charge in [-0.15, -0.1) is 0 Å². The molecule has 15 heavy (non-hydrogen) atoms. The van der Waals surface area contributed by atoms with Crippen LogP contribution in [-0.2, 0) is 0 Å². The van der Waals surface area contributed by atoms with E-state index in [4.69, 9.17) is 0 Å². The van der Waals surface area contributed by atoms with Crippen LogP contribution >= 0.6 is 0 Å². The van der Waals surface area contributed by atoms with Crippen LogP contribution in [0.3, 0.4) is 0 Å². The lowest BCUT2D eigenvalue weighted by Crippen LogP contribution is -2.09. The average molecular weight is 205 g/mol. The van der Waals surface area contributed by atoms with Gasteiger partial charge in [0.1, 0.15) is 0 Å². The molecule has 0 N–H and O–H groups in total. The molecular weight excluding hydrogens is 180 g/mol. The average Bonchev–Trinajstić information content (AvgIpc) is 2.16. The normalized spacial score (nSPS) is 31.1. The fraction of sp³-hybridized carbons (Fsp3) is 0.667. The van der Waals surface area contributed by atoms with Gasteiger partial charge in [0.15, 0.2) is 0 Å². The van der Waals surface area contributed by atoms with Gasteiger partial charge in [0.2, 0.25) is 0 Å². The Kier molecular flexibility index (Phi) is 5.01. The molecule has 0 unspecified atom stereocenters. The molecule has 0 aromatic carbocycles. The lowest BCUT2D eigenvalue weighted by atomic mass is 9.85. The van der Waals surface area contributed by atoms with E-state index < -0.39 is 0 Å². The molecule has 0 bridgehead atoms. The Morgan fingerprint density at radius 2 is 1.93 bits per heavy atom. The Bertz CT molecular complexity index is 243. The van der Waals surface area contributed by atoms with Crippen LogP contribution in [-0.4, -0.2) is 0 Å². The summed E-state index contributed by atoms with van der Waals surface area (Å²) in [6.45, 7) is 9.18. The standard InChI is InChI=1S/C15H25/c1-12(2)15-10-8-13(3)6-5-7-14(4)9-11-15/h6,9,11-12,15H,5,7-8,10H2,1-4H3/q+1/b13-6+,14-9+/t15-/m1/s1. The van der Waals surface area contributed by atoms with Crippen LogP contribution in [0.2, 0.25) is 0 Å². The molecule has 0 heterocycles. The Balaban J connectivity index is 2.66. The molecule has 0 amide bonds. The molecule has 84 valence electrons. The van der Waals surface area contributed by atoms with Crippen molar-refractivity contribution in [1.29, 1.82) is 0 Å². The molecule has 0 heteroatoms. The Hall–Kier alpha value is -0.650. The van der Waals surface area contributed by atoms with E-state index in [0.29, 0.717) is 0 Å². The summed E-state index contributed by atoms with van der Waals surface area (Å²) >= 11 is 0. The Morgan fingerprint density at radius 3 is 2.60 bits per heavy atom. The topological polar surface area (TPSA) is 0 Å². The van der Waals surface area contributed by atoms with Crippen molar-refractivity contribution in [3.8, 4) is 0 Å². The van der Waals surface area contributed by atoms with Crippen molar-refractivity contribution in [2.24, 2.45) is 11.8 Å². The van der Waals surface area contributed by atoms with Crippen molar-refractivity contribution < 1.29 is 0 Å². The van der Waals surface area contributed by atoms with Gasteiger partial charge in [-0.25, -0.2) is 0 Å². The summed E-state index contributed by atoms with van der Waals surface area (Å²) < 4.78 is 0. The second-order valence-corrected chi connectivity index (χ2v) is 5.24. The van der Waals surface area contributed by atoms with E-state index in [-0.39, 0.29) is 0 Å². The predicted octanol–water partition coefficient (Wildman–Crippen LogP) is 4.93. The van der Waals surface area contributed by atoms with E-state index in [1.807, 2.05) is 0 Å². The minimum atomic E-state index is 0.751. The minimum absolute atomic E-state index is 0.751. The van der Waals surface area contributed by atoms with Crippen LogP contribution < -0.4 is 0 Å². The molecular formula is C15H25+. The van der Waals surface area contributed by atoms with E-state index in [2.05, 4.69) is 46.3 Å². The van der Waals surface area contributed by atoms with Gasteiger partial charge in [-0.05, 0) is 32.1 Å². The fourth-order valence-electron chi connectivity index (χ4n) is 2.07. The zero-order valence-electron chi connectivity index (χ0n) is 10.7. The smallest absolute Gasteiger partial charge is 0.0835 e. The molecule has 1 aliphatic carbocycles. The number of hydrogen-bond donors (Lipinski definition) is 0. The van der Waals surface area contributed by atoms with Crippen LogP contribution in [0, 0.1) is 18.3 Å². The van der Waals surface area contributed by atoms with E-state index in [9.17, 15) is 0 Å². The van der Waals surface area contributed by atoms with Gasteiger partial charge in [-0.2, -0.15) is 0 Å². The maximum Gasteiger partial charge on any atom is 0.0922 e. The lowest BCUT2D eigenvalue weighted by Gasteiger charge is -2.16. The zero-order valence-corrected chi connectivity index (χ0v) is 10.7. The second kappa shape index (κ2) is 6.05. The molecule has 0 aliphatic heterocycles. The van der Waals surface area contributed by atoms with Gasteiger partial charge < -0.3 is 0 Å². The molecule has 0 radical (unpaired) electrons. The highest BCUT2D eigenvalue weighted by atomic mass is 14.2. The Morgan fingerprint density at radius 1 is 1.20 bits per heavy atom. The van der Waals surface area contributed by atoms with Crippen LogP contribution in [0.25, 0.3) is 0 Å². The van der Waals surface area contributed by atoms with E-state index in [0.717, 1.165) is 11.8 Å². The van der Waals surface area contributed by atoms with Crippen LogP contribution in [0.1, 0.15) is 53.4 Å². The first kappa shape index (κ1) is 12.4. The first-order valence-electron chi connectivity index (χ1n) is 6.26. The minimum Gasteiger partial charge on any atom is -0.0835 e. The summed E-state index contributed by atoms with van der Waals surface area (Å²) in [6.07, 6.45) is 12.2. The summed E-state index contributed by atoms with van der Waals surface area (Å²) in [4.78, 5) is 0. The molecule has 0 saturated heterocycles. The van der Waals surface area contributed by atoms with E-state index in [1.165, 1.54) is 31.3 Å². The quantitative estimate of drug-likeness (QED) is 0.420. The highest BCUT2D eigenvalue weighted by molar-refractivity contribution is 5.11. The van der Waals surface area contributed by atoms with Crippen molar-refractivity contribution in [1.82, 2.24) is 0 Å². The van der Waals surface area contributed by atoms with Gasteiger partial charge in [0.05, 0.1) is 11.6 Å². The highest BCUT2D eigenvalue weighted by Crippen LogP contribution is 2.25. The summed E-state index contributed by atoms with van der Waals surface area (Å²) in [5, 5.41) is 0. The Labute approximate surface area is 95.5 Å². The first-order valence-corrected chi connectivity index (χ1v) is 6.26. The van der Waals surface area contributed by atoms with Crippen LogP contribution in [0.4, 0.5) is 0 Å². The molecule has 0 aromatic heterocycles. The van der Waals surface area contributed by atoms with Gasteiger partial charge in [-0.3, -0.25) is 0 Å². The summed E-state index contributed by atoms with van der Waals surface area (Å²) in [6, 6.07) is 0. The number of allylic oxidation sites excluding steroid dienone is 4. The molecule has 0 aromatic rings. The second-order valence-electron chi connectivity index (χ2n) is 5.24. The van der Waals surface area contributed by atoms with Gasteiger partial charge >= 0.3 is 0 Å².